The van der Waals surface area contributed by atoms with Gasteiger partial charge in [-0.05, 0) is 69.9 Å². The predicted octanol–water partition coefficient (Wildman–Crippen LogP) is 6.81. The molecule has 0 spiro atoms. The van der Waals surface area contributed by atoms with Crippen molar-refractivity contribution in [2.75, 3.05) is 6.61 Å². The van der Waals surface area contributed by atoms with E-state index in [1.54, 1.807) is 11.1 Å². The topological polar surface area (TPSA) is 9.23 Å². The van der Waals surface area contributed by atoms with Crippen LogP contribution >= 0.6 is 0 Å². The van der Waals surface area contributed by atoms with Gasteiger partial charge in [-0.1, -0.05) is 66.7 Å². The Bertz CT molecular complexity index is 1300. The van der Waals surface area contributed by atoms with Crippen LogP contribution in [-0.2, 0) is 0 Å². The minimum Gasteiger partial charge on any atom is -0.488 e. The molecule has 1 heteroatoms. The van der Waals surface area contributed by atoms with E-state index in [2.05, 4.69) is 72.8 Å². The molecule has 3 aromatic carbocycles. The molecule has 1 heterocycles. The summed E-state index contributed by atoms with van der Waals surface area (Å²) in [7, 11) is 0. The molecule has 3 aromatic rings. The van der Waals surface area contributed by atoms with Gasteiger partial charge in [-0.3, -0.25) is 0 Å². The Morgan fingerprint density at radius 1 is 0.552 bits per heavy atom. The maximum Gasteiger partial charge on any atom is 0.128 e. The minimum atomic E-state index is 0.673. The Morgan fingerprint density at radius 3 is 2.21 bits per heavy atom. The van der Waals surface area contributed by atoms with Crippen molar-refractivity contribution in [3.05, 3.63) is 112 Å². The lowest BCUT2D eigenvalue weighted by Crippen LogP contribution is -2.03. The van der Waals surface area contributed by atoms with Crippen LogP contribution in [0.2, 0.25) is 0 Å². The van der Waals surface area contributed by atoms with Crippen molar-refractivity contribution in [2.24, 2.45) is 0 Å². The lowest BCUT2D eigenvalue weighted by Gasteiger charge is -2.15. The second-order valence-corrected chi connectivity index (χ2v) is 8.29. The normalized spacial score (nSPS) is 18.3. The van der Waals surface area contributed by atoms with E-state index in [0.717, 1.165) is 5.75 Å². The molecule has 1 nitrogen and oxygen atoms in total. The summed E-state index contributed by atoms with van der Waals surface area (Å²) in [4.78, 5) is 0. The van der Waals surface area contributed by atoms with Gasteiger partial charge in [0.25, 0.3) is 0 Å². The first kappa shape index (κ1) is 15.6. The zero-order chi connectivity index (χ0) is 18.9. The fraction of sp³-hybridized carbons (Fsp3) is 0.143. The molecule has 29 heavy (non-hydrogen) atoms. The number of rotatable bonds is 1. The first-order valence-corrected chi connectivity index (χ1v) is 10.5. The van der Waals surface area contributed by atoms with Crippen molar-refractivity contribution < 1.29 is 4.74 Å². The van der Waals surface area contributed by atoms with Crippen molar-refractivity contribution in [3.8, 4) is 16.9 Å². The van der Waals surface area contributed by atoms with Crippen LogP contribution in [0.4, 0.5) is 0 Å². The average Bonchev–Trinajstić information content (AvgIpc) is 3.41. The van der Waals surface area contributed by atoms with Crippen LogP contribution in [-0.4, -0.2) is 6.61 Å². The van der Waals surface area contributed by atoms with Gasteiger partial charge in [0.2, 0.25) is 0 Å². The van der Waals surface area contributed by atoms with E-state index in [1.807, 2.05) is 0 Å². The highest BCUT2D eigenvalue weighted by molar-refractivity contribution is 6.12. The highest BCUT2D eigenvalue weighted by atomic mass is 16.5. The molecule has 0 radical (unpaired) electrons. The van der Waals surface area contributed by atoms with Gasteiger partial charge >= 0.3 is 0 Å². The summed E-state index contributed by atoms with van der Waals surface area (Å²) < 4.78 is 6.45. The molecular weight excluding hydrogens is 352 g/mol. The summed E-state index contributed by atoms with van der Waals surface area (Å²) >= 11 is 0. The largest absolute Gasteiger partial charge is 0.488 e. The van der Waals surface area contributed by atoms with E-state index in [-0.39, 0.29) is 0 Å². The van der Waals surface area contributed by atoms with E-state index >= 15 is 0 Å². The summed E-state index contributed by atoms with van der Waals surface area (Å²) in [6.45, 7) is 0.673. The Balaban J connectivity index is 1.65. The SMILES string of the molecule is c1ccc(C2=C3CCCC3=C3COc4cccc5c4C(=C32)c2ccccc2-5)cc1. The Morgan fingerprint density at radius 2 is 1.31 bits per heavy atom. The standard InChI is InChI=1S/C28H20O/c1-2-8-17(9-3-1)25-20-13-6-12-19(20)23-16-29-24-15-7-14-21-18-10-4-5-11-22(18)27(26(21)24)28(23)25/h1-5,7-11,14-15H,6,12-13,16H2. The molecule has 1 saturated carbocycles. The molecule has 0 aromatic heterocycles. The van der Waals surface area contributed by atoms with Gasteiger partial charge < -0.3 is 4.74 Å². The molecule has 4 aliphatic rings. The van der Waals surface area contributed by atoms with Gasteiger partial charge in [0.05, 0.1) is 0 Å². The first-order valence-electron chi connectivity index (χ1n) is 10.5. The fourth-order valence-corrected chi connectivity index (χ4v) is 5.78. The lowest BCUT2D eigenvalue weighted by molar-refractivity contribution is 0.355. The van der Waals surface area contributed by atoms with Crippen molar-refractivity contribution in [2.45, 2.75) is 19.3 Å². The molecule has 0 N–H and O–H groups in total. The summed E-state index contributed by atoms with van der Waals surface area (Å²) in [5.41, 5.74) is 15.4. The maximum absolute atomic E-state index is 6.45. The van der Waals surface area contributed by atoms with Crippen molar-refractivity contribution >= 4 is 11.1 Å². The highest BCUT2D eigenvalue weighted by Gasteiger charge is 2.40. The van der Waals surface area contributed by atoms with Gasteiger partial charge in [0, 0.05) is 16.7 Å². The molecule has 0 amide bonds. The van der Waals surface area contributed by atoms with Crippen LogP contribution in [0, 0.1) is 0 Å². The second kappa shape index (κ2) is 5.61. The first-order chi connectivity index (χ1) is 14.4. The van der Waals surface area contributed by atoms with Crippen molar-refractivity contribution in [1.29, 1.82) is 0 Å². The van der Waals surface area contributed by atoms with Gasteiger partial charge in [-0.25, -0.2) is 0 Å². The summed E-state index contributed by atoms with van der Waals surface area (Å²) in [5.74, 6) is 1.02. The summed E-state index contributed by atoms with van der Waals surface area (Å²) in [5, 5.41) is 0. The van der Waals surface area contributed by atoms with E-state index < -0.39 is 0 Å². The Hall–Kier alpha value is -3.32. The van der Waals surface area contributed by atoms with Crippen LogP contribution in [0.25, 0.3) is 22.3 Å². The molecule has 0 unspecified atom stereocenters. The molecule has 1 aliphatic heterocycles. The van der Waals surface area contributed by atoms with E-state index in [1.165, 1.54) is 69.4 Å². The van der Waals surface area contributed by atoms with Crippen LogP contribution < -0.4 is 4.74 Å². The maximum atomic E-state index is 6.45. The summed E-state index contributed by atoms with van der Waals surface area (Å²) in [6.07, 6.45) is 3.60. The van der Waals surface area contributed by atoms with Crippen molar-refractivity contribution in [1.82, 2.24) is 0 Å². The minimum absolute atomic E-state index is 0.673. The molecule has 1 fully saturated rings. The van der Waals surface area contributed by atoms with Crippen LogP contribution in [0.15, 0.2) is 95.1 Å². The monoisotopic (exact) mass is 372 g/mol. The number of fused-ring (bicyclic) bond motifs is 5. The molecular formula is C28H20O. The molecule has 138 valence electrons. The number of benzene rings is 3. The van der Waals surface area contributed by atoms with Crippen LogP contribution in [0.5, 0.6) is 5.75 Å². The zero-order valence-corrected chi connectivity index (χ0v) is 16.2. The quantitative estimate of drug-likeness (QED) is 0.357. The third-order valence-corrected chi connectivity index (χ3v) is 6.88. The third-order valence-electron chi connectivity index (χ3n) is 6.88. The lowest BCUT2D eigenvalue weighted by atomic mass is 9.87. The average molecular weight is 372 g/mol. The smallest absolute Gasteiger partial charge is 0.128 e. The summed E-state index contributed by atoms with van der Waals surface area (Å²) in [6, 6.07) is 26.4. The zero-order valence-electron chi connectivity index (χ0n) is 16.2. The molecule has 7 rings (SSSR count). The third kappa shape index (κ3) is 1.95. The van der Waals surface area contributed by atoms with Crippen molar-refractivity contribution in [3.63, 3.8) is 0 Å². The van der Waals surface area contributed by atoms with Gasteiger partial charge in [-0.15, -0.1) is 0 Å². The van der Waals surface area contributed by atoms with Gasteiger partial charge in [0.1, 0.15) is 12.4 Å². The number of allylic oxidation sites excluding steroid dienone is 3. The predicted molar refractivity (Wildman–Crippen MR) is 118 cm³/mol. The molecule has 0 saturated heterocycles. The highest BCUT2D eigenvalue weighted by Crippen LogP contribution is 2.58. The molecule has 0 atom stereocenters. The number of hydrogen-bond acceptors (Lipinski definition) is 1. The van der Waals surface area contributed by atoms with E-state index in [9.17, 15) is 0 Å². The fourth-order valence-electron chi connectivity index (χ4n) is 5.78. The van der Waals surface area contributed by atoms with E-state index in [0.29, 0.717) is 6.61 Å². The Kier molecular flexibility index (Phi) is 3.01. The van der Waals surface area contributed by atoms with E-state index in [4.69, 9.17) is 4.74 Å². The van der Waals surface area contributed by atoms with Gasteiger partial charge in [0.15, 0.2) is 0 Å². The van der Waals surface area contributed by atoms with Crippen LogP contribution in [0.3, 0.4) is 0 Å². The number of ether oxygens (including phenoxy) is 1. The van der Waals surface area contributed by atoms with Gasteiger partial charge in [-0.2, -0.15) is 0 Å². The number of hydrogen-bond donors (Lipinski definition) is 0. The Labute approximate surface area is 170 Å². The van der Waals surface area contributed by atoms with Crippen LogP contribution in [0.1, 0.15) is 36.0 Å². The molecule has 0 bridgehead atoms. The second-order valence-electron chi connectivity index (χ2n) is 8.29. The molecule has 3 aliphatic carbocycles.